The van der Waals surface area contributed by atoms with Gasteiger partial charge in [0.1, 0.15) is 0 Å². The average Bonchev–Trinajstić information content (AvgIpc) is 3.19. The molecule has 2 aliphatic heterocycles. The standard InChI is InChI=1S/C17H24N4O2/c1-11(21-6-2-3-15(21)16(18)22)17(23)20-8-12-4-5-13-9-19-10-14(13)7-12/h4-5,7,11,15,19H,2-3,6,8-10H2,1H3,(H2,18,22)(H,20,23)/t11-,15?/m0/s1. The maximum Gasteiger partial charge on any atom is 0.237 e. The molecule has 1 aromatic carbocycles. The van der Waals surface area contributed by atoms with Crippen LogP contribution < -0.4 is 16.4 Å². The van der Waals surface area contributed by atoms with E-state index in [2.05, 4.69) is 28.8 Å². The first-order chi connectivity index (χ1) is 11.1. The van der Waals surface area contributed by atoms with Gasteiger partial charge >= 0.3 is 0 Å². The van der Waals surface area contributed by atoms with Crippen LogP contribution in [0, 0.1) is 0 Å². The highest BCUT2D eigenvalue weighted by atomic mass is 16.2. The van der Waals surface area contributed by atoms with Crippen LogP contribution in [0.2, 0.25) is 0 Å². The van der Waals surface area contributed by atoms with Crippen molar-refractivity contribution in [1.29, 1.82) is 0 Å². The Morgan fingerprint density at radius 1 is 1.39 bits per heavy atom. The molecule has 0 saturated carbocycles. The van der Waals surface area contributed by atoms with Crippen molar-refractivity contribution in [2.45, 2.75) is 51.5 Å². The Bertz CT molecular complexity index is 617. The summed E-state index contributed by atoms with van der Waals surface area (Å²) >= 11 is 0. The van der Waals surface area contributed by atoms with Gasteiger partial charge in [0.05, 0.1) is 12.1 Å². The highest BCUT2D eigenvalue weighted by Crippen LogP contribution is 2.20. The number of nitrogens with two attached hydrogens (primary N) is 1. The third kappa shape index (κ3) is 3.38. The Morgan fingerprint density at radius 3 is 2.96 bits per heavy atom. The van der Waals surface area contributed by atoms with Gasteiger partial charge in [0.25, 0.3) is 0 Å². The predicted octanol–water partition coefficient (Wildman–Crippen LogP) is 0.244. The number of rotatable bonds is 5. The summed E-state index contributed by atoms with van der Waals surface area (Å²) in [4.78, 5) is 25.8. The van der Waals surface area contributed by atoms with Gasteiger partial charge in [0, 0.05) is 19.6 Å². The lowest BCUT2D eigenvalue weighted by Crippen LogP contribution is -2.50. The number of benzene rings is 1. The van der Waals surface area contributed by atoms with Crippen molar-refractivity contribution < 1.29 is 9.59 Å². The fraction of sp³-hybridized carbons (Fsp3) is 0.529. The molecule has 2 atom stereocenters. The van der Waals surface area contributed by atoms with Gasteiger partial charge in [-0.15, -0.1) is 0 Å². The van der Waals surface area contributed by atoms with Crippen molar-refractivity contribution >= 4 is 11.8 Å². The third-order valence-corrected chi connectivity index (χ3v) is 4.87. The lowest BCUT2D eigenvalue weighted by molar-refractivity contribution is -0.129. The van der Waals surface area contributed by atoms with E-state index in [4.69, 9.17) is 5.73 Å². The van der Waals surface area contributed by atoms with E-state index >= 15 is 0 Å². The van der Waals surface area contributed by atoms with Gasteiger partial charge in [0.15, 0.2) is 0 Å². The van der Waals surface area contributed by atoms with Crippen molar-refractivity contribution in [3.8, 4) is 0 Å². The zero-order valence-electron chi connectivity index (χ0n) is 13.5. The first-order valence-corrected chi connectivity index (χ1v) is 8.20. The van der Waals surface area contributed by atoms with Crippen LogP contribution in [0.3, 0.4) is 0 Å². The number of carbonyl (C=O) groups is 2. The van der Waals surface area contributed by atoms with E-state index in [0.717, 1.165) is 38.0 Å². The first kappa shape index (κ1) is 16.0. The molecule has 1 saturated heterocycles. The lowest BCUT2D eigenvalue weighted by Gasteiger charge is -2.27. The Hall–Kier alpha value is -1.92. The largest absolute Gasteiger partial charge is 0.368 e. The number of primary amides is 1. The second kappa shape index (κ2) is 6.68. The molecule has 1 fully saturated rings. The molecule has 1 aromatic rings. The van der Waals surface area contributed by atoms with Gasteiger partial charge in [-0.2, -0.15) is 0 Å². The highest BCUT2D eigenvalue weighted by Gasteiger charge is 2.35. The van der Waals surface area contributed by atoms with Gasteiger partial charge in [-0.25, -0.2) is 0 Å². The SMILES string of the molecule is C[C@@H](C(=O)NCc1ccc2c(c1)CNC2)N1CCCC1C(N)=O. The molecular weight excluding hydrogens is 292 g/mol. The molecule has 0 aliphatic carbocycles. The minimum Gasteiger partial charge on any atom is -0.368 e. The molecule has 2 amide bonds. The van der Waals surface area contributed by atoms with Crippen molar-refractivity contribution in [3.05, 3.63) is 34.9 Å². The van der Waals surface area contributed by atoms with Crippen LogP contribution in [0.25, 0.3) is 0 Å². The fourth-order valence-electron chi connectivity index (χ4n) is 3.50. The van der Waals surface area contributed by atoms with Crippen LogP contribution in [0.1, 0.15) is 36.5 Å². The second-order valence-electron chi connectivity index (χ2n) is 6.40. The molecule has 6 nitrogen and oxygen atoms in total. The number of hydrogen-bond acceptors (Lipinski definition) is 4. The summed E-state index contributed by atoms with van der Waals surface area (Å²) in [6.07, 6.45) is 1.65. The average molecular weight is 316 g/mol. The molecule has 124 valence electrons. The summed E-state index contributed by atoms with van der Waals surface area (Å²) in [6.45, 7) is 4.89. The molecule has 6 heteroatoms. The number of nitrogens with zero attached hydrogens (tertiary/aromatic N) is 1. The van der Waals surface area contributed by atoms with E-state index in [0.29, 0.717) is 6.54 Å². The molecule has 1 unspecified atom stereocenters. The third-order valence-electron chi connectivity index (χ3n) is 4.87. The van der Waals surface area contributed by atoms with Gasteiger partial charge in [-0.3, -0.25) is 14.5 Å². The topological polar surface area (TPSA) is 87.5 Å². The van der Waals surface area contributed by atoms with E-state index in [1.165, 1.54) is 11.1 Å². The van der Waals surface area contributed by atoms with Crippen molar-refractivity contribution in [2.75, 3.05) is 6.54 Å². The molecule has 4 N–H and O–H groups in total. The molecule has 23 heavy (non-hydrogen) atoms. The summed E-state index contributed by atoms with van der Waals surface area (Å²) in [6, 6.07) is 5.65. The number of hydrogen-bond donors (Lipinski definition) is 3. The summed E-state index contributed by atoms with van der Waals surface area (Å²) in [7, 11) is 0. The number of amides is 2. The van der Waals surface area contributed by atoms with Crippen molar-refractivity contribution in [2.24, 2.45) is 5.73 Å². The molecule has 2 heterocycles. The van der Waals surface area contributed by atoms with Crippen LogP contribution >= 0.6 is 0 Å². The second-order valence-corrected chi connectivity index (χ2v) is 6.40. The molecule has 3 rings (SSSR count). The Kier molecular flexibility index (Phi) is 4.63. The van der Waals surface area contributed by atoms with Crippen LogP contribution in [0.5, 0.6) is 0 Å². The van der Waals surface area contributed by atoms with Crippen LogP contribution in [0.4, 0.5) is 0 Å². The van der Waals surface area contributed by atoms with E-state index < -0.39 is 0 Å². The van der Waals surface area contributed by atoms with Gasteiger partial charge < -0.3 is 16.4 Å². The molecular formula is C17H24N4O2. The first-order valence-electron chi connectivity index (χ1n) is 8.20. The summed E-state index contributed by atoms with van der Waals surface area (Å²) in [5.41, 5.74) is 9.16. The molecule has 2 aliphatic rings. The fourth-order valence-corrected chi connectivity index (χ4v) is 3.50. The normalized spacial score (nSPS) is 21.9. The summed E-state index contributed by atoms with van der Waals surface area (Å²) in [5.74, 6) is -0.398. The molecule has 0 bridgehead atoms. The van der Waals surface area contributed by atoms with E-state index in [1.54, 1.807) is 0 Å². The zero-order valence-corrected chi connectivity index (χ0v) is 13.5. The van der Waals surface area contributed by atoms with Crippen molar-refractivity contribution in [1.82, 2.24) is 15.5 Å². The Morgan fingerprint density at radius 2 is 2.17 bits per heavy atom. The predicted molar refractivity (Wildman–Crippen MR) is 87.2 cm³/mol. The van der Waals surface area contributed by atoms with Gasteiger partial charge in [-0.1, -0.05) is 18.2 Å². The van der Waals surface area contributed by atoms with Gasteiger partial charge in [0.2, 0.25) is 11.8 Å². The number of fused-ring (bicyclic) bond motifs is 1. The minimum atomic E-state index is -0.342. The van der Waals surface area contributed by atoms with Gasteiger partial charge in [-0.05, 0) is 43.0 Å². The Labute approximate surface area is 136 Å². The smallest absolute Gasteiger partial charge is 0.237 e. The van der Waals surface area contributed by atoms with Crippen LogP contribution in [-0.4, -0.2) is 35.3 Å². The summed E-state index contributed by atoms with van der Waals surface area (Å²) < 4.78 is 0. The van der Waals surface area contributed by atoms with E-state index in [1.807, 2.05) is 11.8 Å². The maximum atomic E-state index is 12.4. The number of nitrogens with one attached hydrogen (secondary N) is 2. The zero-order chi connectivity index (χ0) is 16.4. The lowest BCUT2D eigenvalue weighted by atomic mass is 10.1. The quantitative estimate of drug-likeness (QED) is 0.726. The maximum absolute atomic E-state index is 12.4. The van der Waals surface area contributed by atoms with E-state index in [9.17, 15) is 9.59 Å². The molecule has 0 aromatic heterocycles. The minimum absolute atomic E-state index is 0.0585. The van der Waals surface area contributed by atoms with Crippen molar-refractivity contribution in [3.63, 3.8) is 0 Å². The highest BCUT2D eigenvalue weighted by molar-refractivity contribution is 5.84. The van der Waals surface area contributed by atoms with Crippen LogP contribution in [0.15, 0.2) is 18.2 Å². The Balaban J connectivity index is 1.57. The molecule has 0 spiro atoms. The monoisotopic (exact) mass is 316 g/mol. The number of carbonyl (C=O) groups excluding carboxylic acids is 2. The van der Waals surface area contributed by atoms with Crippen LogP contribution in [-0.2, 0) is 29.2 Å². The number of likely N-dealkylation sites (tertiary alicyclic amines) is 1. The summed E-state index contributed by atoms with van der Waals surface area (Å²) in [5, 5.41) is 6.29. The van der Waals surface area contributed by atoms with E-state index in [-0.39, 0.29) is 23.9 Å². The molecule has 0 radical (unpaired) electrons.